The minimum atomic E-state index is 0.545. The van der Waals surface area contributed by atoms with Gasteiger partial charge in [-0.25, -0.2) is 0 Å². The van der Waals surface area contributed by atoms with Gasteiger partial charge < -0.3 is 10.2 Å². The monoisotopic (exact) mass is 308 g/mol. The Labute approximate surface area is 140 Å². The van der Waals surface area contributed by atoms with E-state index in [1.54, 1.807) is 0 Å². The van der Waals surface area contributed by atoms with Crippen LogP contribution in [0.5, 0.6) is 0 Å². The van der Waals surface area contributed by atoms with Crippen molar-refractivity contribution in [3.63, 3.8) is 0 Å². The van der Waals surface area contributed by atoms with Crippen molar-refractivity contribution in [1.82, 2.24) is 5.32 Å². The van der Waals surface area contributed by atoms with Crippen molar-refractivity contribution >= 4 is 5.69 Å². The highest BCUT2D eigenvalue weighted by Gasteiger charge is 2.28. The second kappa shape index (κ2) is 7.65. The van der Waals surface area contributed by atoms with E-state index in [0.717, 1.165) is 19.4 Å². The molecule has 3 rings (SSSR count). The van der Waals surface area contributed by atoms with Crippen molar-refractivity contribution in [1.29, 1.82) is 0 Å². The van der Waals surface area contributed by atoms with E-state index < -0.39 is 0 Å². The predicted octanol–water partition coefficient (Wildman–Crippen LogP) is 4.05. The maximum Gasteiger partial charge on any atom is 0.0371 e. The van der Waals surface area contributed by atoms with E-state index in [9.17, 15) is 0 Å². The summed E-state index contributed by atoms with van der Waals surface area (Å²) in [7, 11) is 2.09. The number of benzene rings is 2. The maximum atomic E-state index is 3.51. The molecule has 23 heavy (non-hydrogen) atoms. The fourth-order valence-electron chi connectivity index (χ4n) is 3.75. The number of hydrogen-bond acceptors (Lipinski definition) is 2. The third kappa shape index (κ3) is 3.76. The Balaban J connectivity index is 1.82. The van der Waals surface area contributed by atoms with Crippen LogP contribution in [0.1, 0.15) is 30.9 Å². The van der Waals surface area contributed by atoms with Gasteiger partial charge in [0, 0.05) is 24.3 Å². The minimum Gasteiger partial charge on any atom is -0.366 e. The first-order chi connectivity index (χ1) is 11.3. The van der Waals surface area contributed by atoms with E-state index in [0.29, 0.717) is 12.1 Å². The highest BCUT2D eigenvalue weighted by Crippen LogP contribution is 2.29. The number of anilines is 1. The summed E-state index contributed by atoms with van der Waals surface area (Å²) in [6.45, 7) is 3.34. The molecule has 1 N–H and O–H groups in total. The summed E-state index contributed by atoms with van der Waals surface area (Å²) in [5.74, 6) is 0. The molecule has 1 aliphatic carbocycles. The van der Waals surface area contributed by atoms with Gasteiger partial charge in [0.2, 0.25) is 0 Å². The summed E-state index contributed by atoms with van der Waals surface area (Å²) in [5.41, 5.74) is 4.39. The number of hydrogen-bond donors (Lipinski definition) is 1. The normalized spacial score (nSPS) is 15.4. The van der Waals surface area contributed by atoms with Crippen LogP contribution in [0.3, 0.4) is 0 Å². The Morgan fingerprint density at radius 1 is 1.00 bits per heavy atom. The number of para-hydroxylation sites is 1. The summed E-state index contributed by atoms with van der Waals surface area (Å²) in [6.07, 6.45) is 4.76. The number of rotatable bonds is 7. The van der Waals surface area contributed by atoms with Crippen molar-refractivity contribution in [2.45, 2.75) is 44.7 Å². The molecule has 1 atom stereocenters. The zero-order valence-electron chi connectivity index (χ0n) is 14.3. The van der Waals surface area contributed by atoms with Crippen LogP contribution in [0.15, 0.2) is 54.6 Å². The van der Waals surface area contributed by atoms with Gasteiger partial charge in [-0.05, 0) is 49.6 Å². The molecule has 0 spiro atoms. The molecule has 1 unspecified atom stereocenters. The molecule has 1 aliphatic rings. The third-order valence-corrected chi connectivity index (χ3v) is 5.02. The van der Waals surface area contributed by atoms with Crippen molar-refractivity contribution < 1.29 is 0 Å². The second-order valence-corrected chi connectivity index (χ2v) is 6.59. The van der Waals surface area contributed by atoms with Gasteiger partial charge in [-0.2, -0.15) is 0 Å². The first kappa shape index (κ1) is 16.1. The fourth-order valence-corrected chi connectivity index (χ4v) is 3.75. The lowest BCUT2D eigenvalue weighted by atomic mass is 10.1. The number of nitrogens with zero attached hydrogens (tertiary/aromatic N) is 1. The molecule has 0 aliphatic heterocycles. The first-order valence-corrected chi connectivity index (χ1v) is 8.87. The first-order valence-electron chi connectivity index (χ1n) is 8.87. The van der Waals surface area contributed by atoms with Crippen molar-refractivity contribution in [3.8, 4) is 0 Å². The molecule has 2 aromatic carbocycles. The average Bonchev–Trinajstić information content (AvgIpc) is 3.03. The number of fused-ring (bicyclic) bond motifs is 1. The molecule has 0 fully saturated rings. The quantitative estimate of drug-likeness (QED) is 0.830. The van der Waals surface area contributed by atoms with E-state index in [1.165, 1.54) is 29.7 Å². The largest absolute Gasteiger partial charge is 0.366 e. The lowest BCUT2D eigenvalue weighted by molar-refractivity contribution is 0.479. The summed E-state index contributed by atoms with van der Waals surface area (Å²) in [4.78, 5) is 2.62. The highest BCUT2D eigenvalue weighted by atomic mass is 15.2. The van der Waals surface area contributed by atoms with Crippen LogP contribution in [-0.4, -0.2) is 25.7 Å². The smallest absolute Gasteiger partial charge is 0.0371 e. The molecule has 0 amide bonds. The summed E-state index contributed by atoms with van der Waals surface area (Å²) < 4.78 is 0. The fraction of sp³-hybridized carbons (Fsp3) is 0.429. The van der Waals surface area contributed by atoms with Crippen LogP contribution >= 0.6 is 0 Å². The van der Waals surface area contributed by atoms with E-state index in [-0.39, 0.29) is 0 Å². The van der Waals surface area contributed by atoms with Gasteiger partial charge in [0.25, 0.3) is 0 Å². The molecule has 0 heterocycles. The van der Waals surface area contributed by atoms with Crippen molar-refractivity contribution in [2.24, 2.45) is 0 Å². The highest BCUT2D eigenvalue weighted by molar-refractivity contribution is 5.50. The Bertz CT molecular complexity index is 583. The molecule has 2 heteroatoms. The van der Waals surface area contributed by atoms with Crippen LogP contribution in [-0.2, 0) is 12.8 Å². The molecule has 0 radical (unpaired) electrons. The number of likely N-dealkylation sites (N-methyl/N-ethyl adjacent to an activating group) is 1. The maximum absolute atomic E-state index is 3.51. The van der Waals surface area contributed by atoms with E-state index in [2.05, 4.69) is 78.8 Å². The van der Waals surface area contributed by atoms with E-state index >= 15 is 0 Å². The van der Waals surface area contributed by atoms with E-state index in [1.807, 2.05) is 0 Å². The Morgan fingerprint density at radius 3 is 2.17 bits per heavy atom. The average molecular weight is 308 g/mol. The van der Waals surface area contributed by atoms with Gasteiger partial charge in [0.05, 0.1) is 0 Å². The topological polar surface area (TPSA) is 15.3 Å². The number of nitrogens with one attached hydrogen (secondary N) is 1. The molecule has 122 valence electrons. The summed E-state index contributed by atoms with van der Waals surface area (Å²) in [6, 6.07) is 20.9. The summed E-state index contributed by atoms with van der Waals surface area (Å²) >= 11 is 0. The Hall–Kier alpha value is -1.80. The van der Waals surface area contributed by atoms with Crippen LogP contribution < -0.4 is 10.2 Å². The van der Waals surface area contributed by atoms with Crippen molar-refractivity contribution in [2.75, 3.05) is 18.5 Å². The molecule has 2 nitrogen and oxygen atoms in total. The van der Waals surface area contributed by atoms with E-state index in [4.69, 9.17) is 0 Å². The molecule has 0 aromatic heterocycles. The third-order valence-electron chi connectivity index (χ3n) is 5.02. The lowest BCUT2D eigenvalue weighted by Crippen LogP contribution is -2.45. The molecular formula is C21H28N2. The molecule has 0 bridgehead atoms. The van der Waals surface area contributed by atoms with Gasteiger partial charge in [0.15, 0.2) is 0 Å². The standard InChI is InChI=1S/C21H28N2/c1-3-9-19(22-2)16-23(20-12-5-4-6-13-20)21-14-17-10-7-8-11-18(17)15-21/h4-8,10-13,19,21-22H,3,9,14-16H2,1-2H3. The molecule has 2 aromatic rings. The zero-order chi connectivity index (χ0) is 16.1. The van der Waals surface area contributed by atoms with Crippen LogP contribution in [0, 0.1) is 0 Å². The van der Waals surface area contributed by atoms with Crippen LogP contribution in [0.4, 0.5) is 5.69 Å². The van der Waals surface area contributed by atoms with Gasteiger partial charge in [-0.1, -0.05) is 55.8 Å². The molecule has 0 saturated carbocycles. The minimum absolute atomic E-state index is 0.545. The molecule has 0 saturated heterocycles. The van der Waals surface area contributed by atoms with Gasteiger partial charge in [-0.3, -0.25) is 0 Å². The Kier molecular flexibility index (Phi) is 5.35. The SMILES string of the molecule is CCCC(CN(c1ccccc1)C1Cc2ccccc2C1)NC. The lowest BCUT2D eigenvalue weighted by Gasteiger charge is -2.34. The molecular weight excluding hydrogens is 280 g/mol. The predicted molar refractivity (Wildman–Crippen MR) is 99.2 cm³/mol. The zero-order valence-corrected chi connectivity index (χ0v) is 14.3. The Morgan fingerprint density at radius 2 is 1.61 bits per heavy atom. The second-order valence-electron chi connectivity index (χ2n) is 6.59. The van der Waals surface area contributed by atoms with Gasteiger partial charge in [0.1, 0.15) is 0 Å². The summed E-state index contributed by atoms with van der Waals surface area (Å²) in [5, 5.41) is 3.51. The van der Waals surface area contributed by atoms with Gasteiger partial charge in [-0.15, -0.1) is 0 Å². The van der Waals surface area contributed by atoms with Gasteiger partial charge >= 0.3 is 0 Å². The van der Waals surface area contributed by atoms with Crippen molar-refractivity contribution in [3.05, 3.63) is 65.7 Å². The van der Waals surface area contributed by atoms with Crippen LogP contribution in [0.2, 0.25) is 0 Å². The van der Waals surface area contributed by atoms with Crippen LogP contribution in [0.25, 0.3) is 0 Å².